The summed E-state index contributed by atoms with van der Waals surface area (Å²) in [6, 6.07) is 14.3. The van der Waals surface area contributed by atoms with Crippen molar-refractivity contribution in [3.63, 3.8) is 0 Å². The number of hydrogen-bond donors (Lipinski definition) is 0. The maximum absolute atomic E-state index is 12.8. The van der Waals surface area contributed by atoms with E-state index < -0.39 is 0 Å². The molecule has 0 N–H and O–H groups in total. The van der Waals surface area contributed by atoms with E-state index >= 15 is 0 Å². The predicted molar refractivity (Wildman–Crippen MR) is 109 cm³/mol. The molecule has 1 saturated heterocycles. The molecule has 4 heterocycles. The summed E-state index contributed by atoms with van der Waals surface area (Å²) in [6.45, 7) is 3.76. The van der Waals surface area contributed by atoms with Crippen molar-refractivity contribution in [3.8, 4) is 11.3 Å². The standard InChI is InChI=1S/C22H23N3O2S/c26-22(19-14-20(27-23-19)16-4-2-1-3-5-16)24-10-6-18(7-11-24)25-12-8-21-17(15-25)9-13-28-21/h1-5,9,13-14,18H,6-8,10-12,15H2. The van der Waals surface area contributed by atoms with E-state index in [1.807, 2.05) is 46.6 Å². The van der Waals surface area contributed by atoms with Crippen LogP contribution in [-0.4, -0.2) is 46.5 Å². The molecule has 0 unspecified atom stereocenters. The van der Waals surface area contributed by atoms with Crippen LogP contribution in [0.2, 0.25) is 0 Å². The molecule has 0 spiro atoms. The zero-order valence-corrected chi connectivity index (χ0v) is 16.5. The van der Waals surface area contributed by atoms with Crippen molar-refractivity contribution in [2.45, 2.75) is 31.8 Å². The molecule has 2 aromatic heterocycles. The number of fused-ring (bicyclic) bond motifs is 1. The van der Waals surface area contributed by atoms with E-state index in [1.165, 1.54) is 5.56 Å². The van der Waals surface area contributed by atoms with Gasteiger partial charge in [-0.25, -0.2) is 0 Å². The Morgan fingerprint density at radius 3 is 2.75 bits per heavy atom. The van der Waals surface area contributed by atoms with Crippen LogP contribution in [0.15, 0.2) is 52.4 Å². The summed E-state index contributed by atoms with van der Waals surface area (Å²) < 4.78 is 5.40. The Labute approximate surface area is 168 Å². The normalized spacial score (nSPS) is 18.2. The maximum Gasteiger partial charge on any atom is 0.276 e. The summed E-state index contributed by atoms with van der Waals surface area (Å²) in [7, 11) is 0. The fraction of sp³-hybridized carbons (Fsp3) is 0.364. The molecule has 3 aromatic rings. The average Bonchev–Trinajstić information content (AvgIpc) is 3.43. The molecule has 144 valence electrons. The van der Waals surface area contributed by atoms with Crippen molar-refractivity contribution in [1.29, 1.82) is 0 Å². The lowest BCUT2D eigenvalue weighted by atomic mass is 9.99. The summed E-state index contributed by atoms with van der Waals surface area (Å²) in [4.78, 5) is 18.9. The topological polar surface area (TPSA) is 49.6 Å². The lowest BCUT2D eigenvalue weighted by Crippen LogP contribution is -2.48. The van der Waals surface area contributed by atoms with Crippen LogP contribution in [0.3, 0.4) is 0 Å². The van der Waals surface area contributed by atoms with Gasteiger partial charge >= 0.3 is 0 Å². The summed E-state index contributed by atoms with van der Waals surface area (Å²) in [5, 5.41) is 6.23. The number of likely N-dealkylation sites (tertiary alicyclic amines) is 1. The second-order valence-corrected chi connectivity index (χ2v) is 8.56. The second kappa shape index (κ2) is 7.53. The molecular weight excluding hydrogens is 370 g/mol. The molecule has 1 aromatic carbocycles. The molecular formula is C22H23N3O2S. The Bertz CT molecular complexity index is 957. The number of piperidine rings is 1. The minimum Gasteiger partial charge on any atom is -0.355 e. The highest BCUT2D eigenvalue weighted by molar-refractivity contribution is 7.10. The van der Waals surface area contributed by atoms with Gasteiger partial charge in [0, 0.05) is 48.7 Å². The Morgan fingerprint density at radius 2 is 1.93 bits per heavy atom. The van der Waals surface area contributed by atoms with Gasteiger partial charge in [0.1, 0.15) is 0 Å². The number of rotatable bonds is 3. The highest BCUT2D eigenvalue weighted by Gasteiger charge is 2.30. The van der Waals surface area contributed by atoms with Crippen LogP contribution in [-0.2, 0) is 13.0 Å². The van der Waals surface area contributed by atoms with Crippen LogP contribution >= 0.6 is 11.3 Å². The number of hydrogen-bond acceptors (Lipinski definition) is 5. The average molecular weight is 394 g/mol. The smallest absolute Gasteiger partial charge is 0.276 e. The molecule has 28 heavy (non-hydrogen) atoms. The molecule has 2 aliphatic rings. The first-order valence-corrected chi connectivity index (χ1v) is 10.8. The third-order valence-electron chi connectivity index (χ3n) is 5.89. The molecule has 0 radical (unpaired) electrons. The molecule has 1 fully saturated rings. The van der Waals surface area contributed by atoms with Crippen molar-refractivity contribution < 1.29 is 9.32 Å². The molecule has 5 nitrogen and oxygen atoms in total. The van der Waals surface area contributed by atoms with E-state index in [9.17, 15) is 4.79 Å². The summed E-state index contributed by atoms with van der Waals surface area (Å²) in [5.74, 6) is 0.613. The van der Waals surface area contributed by atoms with Gasteiger partial charge in [0.05, 0.1) is 0 Å². The van der Waals surface area contributed by atoms with Gasteiger partial charge in [-0.05, 0) is 36.3 Å². The van der Waals surface area contributed by atoms with Crippen LogP contribution < -0.4 is 0 Å². The fourth-order valence-electron chi connectivity index (χ4n) is 4.29. The number of carbonyl (C=O) groups is 1. The van der Waals surface area contributed by atoms with Crippen LogP contribution in [0, 0.1) is 0 Å². The maximum atomic E-state index is 12.8. The lowest BCUT2D eigenvalue weighted by Gasteiger charge is -2.40. The SMILES string of the molecule is O=C(c1cc(-c2ccccc2)on1)N1CCC(N2CCc3sccc3C2)CC1. The molecule has 2 aliphatic heterocycles. The van der Waals surface area contributed by atoms with Gasteiger partial charge in [0.2, 0.25) is 0 Å². The zero-order valence-electron chi connectivity index (χ0n) is 15.7. The number of thiophene rings is 1. The van der Waals surface area contributed by atoms with Crippen LogP contribution in [0.1, 0.15) is 33.8 Å². The van der Waals surface area contributed by atoms with Gasteiger partial charge in [-0.3, -0.25) is 9.69 Å². The number of carbonyl (C=O) groups excluding carboxylic acids is 1. The van der Waals surface area contributed by atoms with Gasteiger partial charge in [0.25, 0.3) is 5.91 Å². The Morgan fingerprint density at radius 1 is 1.11 bits per heavy atom. The van der Waals surface area contributed by atoms with Gasteiger partial charge in [-0.2, -0.15) is 0 Å². The molecule has 5 rings (SSSR count). The monoisotopic (exact) mass is 393 g/mol. The fourth-order valence-corrected chi connectivity index (χ4v) is 5.18. The second-order valence-electron chi connectivity index (χ2n) is 7.56. The third-order valence-corrected chi connectivity index (χ3v) is 6.92. The first-order chi connectivity index (χ1) is 13.8. The Balaban J connectivity index is 1.20. The van der Waals surface area contributed by atoms with Crippen molar-refractivity contribution in [1.82, 2.24) is 15.0 Å². The summed E-state index contributed by atoms with van der Waals surface area (Å²) in [6.07, 6.45) is 3.20. The molecule has 0 atom stereocenters. The van der Waals surface area contributed by atoms with Crippen molar-refractivity contribution in [2.75, 3.05) is 19.6 Å². The van der Waals surface area contributed by atoms with Gasteiger partial charge in [-0.15, -0.1) is 11.3 Å². The Kier molecular flexibility index (Phi) is 4.74. The molecule has 0 bridgehead atoms. The van der Waals surface area contributed by atoms with Gasteiger partial charge < -0.3 is 9.42 Å². The van der Waals surface area contributed by atoms with E-state index in [0.717, 1.165) is 51.0 Å². The predicted octanol–water partition coefficient (Wildman–Crippen LogP) is 4.07. The molecule has 0 aliphatic carbocycles. The minimum atomic E-state index is -0.0249. The quantitative estimate of drug-likeness (QED) is 0.673. The first-order valence-electron chi connectivity index (χ1n) is 9.88. The Hall–Kier alpha value is -2.44. The zero-order chi connectivity index (χ0) is 18.9. The van der Waals surface area contributed by atoms with Crippen molar-refractivity contribution in [2.24, 2.45) is 0 Å². The van der Waals surface area contributed by atoms with Gasteiger partial charge in [-0.1, -0.05) is 35.5 Å². The molecule has 0 saturated carbocycles. The molecule has 6 heteroatoms. The van der Waals surface area contributed by atoms with Crippen LogP contribution in [0.25, 0.3) is 11.3 Å². The van der Waals surface area contributed by atoms with E-state index in [2.05, 4.69) is 21.5 Å². The van der Waals surface area contributed by atoms with Crippen LogP contribution in [0.5, 0.6) is 0 Å². The van der Waals surface area contributed by atoms with E-state index in [4.69, 9.17) is 4.52 Å². The molecule has 1 amide bonds. The minimum absolute atomic E-state index is 0.0249. The first kappa shape index (κ1) is 17.6. The van der Waals surface area contributed by atoms with E-state index in [1.54, 1.807) is 10.9 Å². The highest BCUT2D eigenvalue weighted by atomic mass is 32.1. The largest absolute Gasteiger partial charge is 0.355 e. The number of nitrogens with zero attached hydrogens (tertiary/aromatic N) is 3. The van der Waals surface area contributed by atoms with E-state index in [-0.39, 0.29) is 5.91 Å². The van der Waals surface area contributed by atoms with Crippen molar-refractivity contribution in [3.05, 3.63) is 64.0 Å². The van der Waals surface area contributed by atoms with E-state index in [0.29, 0.717) is 17.5 Å². The lowest BCUT2D eigenvalue weighted by molar-refractivity contribution is 0.0591. The summed E-state index contributed by atoms with van der Waals surface area (Å²) >= 11 is 1.88. The van der Waals surface area contributed by atoms with Crippen molar-refractivity contribution >= 4 is 17.2 Å². The number of benzene rings is 1. The highest BCUT2D eigenvalue weighted by Crippen LogP contribution is 2.28. The third kappa shape index (κ3) is 3.38. The van der Waals surface area contributed by atoms with Gasteiger partial charge in [0.15, 0.2) is 11.5 Å². The van der Waals surface area contributed by atoms with Crippen LogP contribution in [0.4, 0.5) is 0 Å². The summed E-state index contributed by atoms with van der Waals surface area (Å²) in [5.41, 5.74) is 2.83. The number of amides is 1. The number of aromatic nitrogens is 1.